The van der Waals surface area contributed by atoms with Crippen molar-refractivity contribution in [3.05, 3.63) is 0 Å². The summed E-state index contributed by atoms with van der Waals surface area (Å²) in [6, 6.07) is 2.37. The zero-order valence-electron chi connectivity index (χ0n) is 7.58. The van der Waals surface area contributed by atoms with Crippen LogP contribution in [0.15, 0.2) is 0 Å². The van der Waals surface area contributed by atoms with Crippen LogP contribution in [-0.2, 0) is 4.74 Å². The zero-order valence-corrected chi connectivity index (χ0v) is 8.40. The molecule has 0 aromatic heterocycles. The highest BCUT2D eigenvalue weighted by molar-refractivity contribution is 5.85. The van der Waals surface area contributed by atoms with E-state index in [0.29, 0.717) is 0 Å². The molecular formula is C9H15ClN2O. The summed E-state index contributed by atoms with van der Waals surface area (Å²) in [5.41, 5.74) is -0.0833. The fourth-order valence-electron chi connectivity index (χ4n) is 2.27. The van der Waals surface area contributed by atoms with Gasteiger partial charge in [0.2, 0.25) is 0 Å². The Morgan fingerprint density at radius 3 is 2.69 bits per heavy atom. The first kappa shape index (κ1) is 10.8. The van der Waals surface area contributed by atoms with Crippen molar-refractivity contribution < 1.29 is 4.74 Å². The molecule has 0 aromatic carbocycles. The minimum atomic E-state index is -0.0833. The fraction of sp³-hybridized carbons (Fsp3) is 0.889. The number of hydrogen-bond acceptors (Lipinski definition) is 3. The molecule has 0 radical (unpaired) electrons. The maximum absolute atomic E-state index is 8.93. The Kier molecular flexibility index (Phi) is 3.55. The highest BCUT2D eigenvalue weighted by Gasteiger charge is 2.44. The van der Waals surface area contributed by atoms with Crippen molar-refractivity contribution in [2.24, 2.45) is 5.92 Å². The zero-order chi connectivity index (χ0) is 8.44. The number of ether oxygens (including phenoxy) is 1. The topological polar surface area (TPSA) is 45.0 Å². The van der Waals surface area contributed by atoms with Gasteiger partial charge in [-0.05, 0) is 32.4 Å². The third-order valence-corrected chi connectivity index (χ3v) is 3.04. The Morgan fingerprint density at radius 2 is 2.08 bits per heavy atom. The summed E-state index contributed by atoms with van der Waals surface area (Å²) < 4.78 is 5.72. The summed E-state index contributed by atoms with van der Waals surface area (Å²) in [4.78, 5) is 0. The van der Waals surface area contributed by atoms with Crippen molar-refractivity contribution in [1.29, 1.82) is 5.26 Å². The van der Waals surface area contributed by atoms with E-state index in [9.17, 15) is 0 Å². The molecule has 0 amide bonds. The molecule has 0 saturated carbocycles. The molecule has 2 aliphatic rings. The molecule has 1 unspecified atom stereocenters. The molecule has 74 valence electrons. The smallest absolute Gasteiger partial charge is 0.0865 e. The van der Waals surface area contributed by atoms with E-state index < -0.39 is 0 Å². The third-order valence-electron chi connectivity index (χ3n) is 3.04. The Hall–Kier alpha value is -0.300. The molecule has 0 aromatic rings. The number of nitrogens with zero attached hydrogens (tertiary/aromatic N) is 1. The molecule has 1 N–H and O–H groups in total. The maximum Gasteiger partial charge on any atom is 0.0865 e. The number of halogens is 1. The Bertz CT molecular complexity index is 208. The van der Waals surface area contributed by atoms with Crippen LogP contribution >= 0.6 is 12.4 Å². The Labute approximate surface area is 84.9 Å². The van der Waals surface area contributed by atoms with Crippen molar-refractivity contribution >= 4 is 12.4 Å². The quantitative estimate of drug-likeness (QED) is 0.640. The third kappa shape index (κ3) is 1.80. The average molecular weight is 203 g/mol. The SMILES string of the molecule is Cl.N#CC1CCOC12CCNCC2. The van der Waals surface area contributed by atoms with Gasteiger partial charge >= 0.3 is 0 Å². The fourth-order valence-corrected chi connectivity index (χ4v) is 2.27. The second-order valence-corrected chi connectivity index (χ2v) is 3.63. The van der Waals surface area contributed by atoms with Gasteiger partial charge in [-0.1, -0.05) is 0 Å². The van der Waals surface area contributed by atoms with Gasteiger partial charge in [-0.3, -0.25) is 0 Å². The molecule has 2 rings (SSSR count). The summed E-state index contributed by atoms with van der Waals surface area (Å²) in [7, 11) is 0. The van der Waals surface area contributed by atoms with Crippen molar-refractivity contribution in [2.45, 2.75) is 24.9 Å². The predicted molar refractivity (Wildman–Crippen MR) is 51.8 cm³/mol. The minimum absolute atomic E-state index is 0. The minimum Gasteiger partial charge on any atom is -0.373 e. The first-order valence-electron chi connectivity index (χ1n) is 4.62. The number of nitrogens with one attached hydrogen (secondary N) is 1. The Balaban J connectivity index is 0.000000845. The van der Waals surface area contributed by atoms with E-state index in [2.05, 4.69) is 11.4 Å². The van der Waals surface area contributed by atoms with Crippen LogP contribution in [0, 0.1) is 17.2 Å². The molecular weight excluding hydrogens is 188 g/mol. The van der Waals surface area contributed by atoms with Crippen LogP contribution in [0.2, 0.25) is 0 Å². The van der Waals surface area contributed by atoms with Crippen LogP contribution in [0.3, 0.4) is 0 Å². The first-order valence-corrected chi connectivity index (χ1v) is 4.62. The Morgan fingerprint density at radius 1 is 1.38 bits per heavy atom. The average Bonchev–Trinajstić information content (AvgIpc) is 2.49. The summed E-state index contributed by atoms with van der Waals surface area (Å²) in [5, 5.41) is 12.2. The van der Waals surface area contributed by atoms with Crippen LogP contribution in [0.25, 0.3) is 0 Å². The maximum atomic E-state index is 8.93. The number of nitriles is 1. The van der Waals surface area contributed by atoms with Gasteiger partial charge in [0.15, 0.2) is 0 Å². The molecule has 2 heterocycles. The molecule has 3 nitrogen and oxygen atoms in total. The highest BCUT2D eigenvalue weighted by atomic mass is 35.5. The van der Waals surface area contributed by atoms with Crippen LogP contribution in [0.1, 0.15) is 19.3 Å². The van der Waals surface area contributed by atoms with Gasteiger partial charge < -0.3 is 10.1 Å². The number of hydrogen-bond donors (Lipinski definition) is 1. The summed E-state index contributed by atoms with van der Waals surface area (Å²) >= 11 is 0. The van der Waals surface area contributed by atoms with Crippen LogP contribution in [-0.4, -0.2) is 25.3 Å². The van der Waals surface area contributed by atoms with E-state index in [1.807, 2.05) is 0 Å². The lowest BCUT2D eigenvalue weighted by atomic mass is 9.81. The monoisotopic (exact) mass is 202 g/mol. The molecule has 1 atom stereocenters. The van der Waals surface area contributed by atoms with Gasteiger partial charge in [0.25, 0.3) is 0 Å². The number of piperidine rings is 1. The standard InChI is InChI=1S/C9H14N2O.ClH/c10-7-8-1-6-12-9(8)2-4-11-5-3-9;/h8,11H,1-6H2;1H. The van der Waals surface area contributed by atoms with Gasteiger partial charge in [-0.2, -0.15) is 5.26 Å². The van der Waals surface area contributed by atoms with Crippen LogP contribution in [0.4, 0.5) is 0 Å². The van der Waals surface area contributed by atoms with Gasteiger partial charge in [0, 0.05) is 6.61 Å². The molecule has 13 heavy (non-hydrogen) atoms. The molecule has 1 spiro atoms. The van der Waals surface area contributed by atoms with Crippen molar-refractivity contribution in [3.8, 4) is 6.07 Å². The van der Waals surface area contributed by atoms with E-state index in [0.717, 1.165) is 39.0 Å². The van der Waals surface area contributed by atoms with Gasteiger partial charge in [-0.15, -0.1) is 12.4 Å². The van der Waals surface area contributed by atoms with E-state index in [4.69, 9.17) is 10.00 Å². The lowest BCUT2D eigenvalue weighted by molar-refractivity contribution is -0.0335. The molecule has 0 bridgehead atoms. The summed E-state index contributed by atoms with van der Waals surface area (Å²) in [6.45, 7) is 2.77. The lowest BCUT2D eigenvalue weighted by Gasteiger charge is -2.35. The second-order valence-electron chi connectivity index (χ2n) is 3.63. The second kappa shape index (κ2) is 4.28. The van der Waals surface area contributed by atoms with E-state index in [1.54, 1.807) is 0 Å². The first-order chi connectivity index (χ1) is 5.87. The van der Waals surface area contributed by atoms with Crippen molar-refractivity contribution in [1.82, 2.24) is 5.32 Å². The van der Waals surface area contributed by atoms with Crippen molar-refractivity contribution in [3.63, 3.8) is 0 Å². The van der Waals surface area contributed by atoms with Gasteiger partial charge in [0.05, 0.1) is 17.6 Å². The van der Waals surface area contributed by atoms with E-state index in [1.165, 1.54) is 0 Å². The van der Waals surface area contributed by atoms with Gasteiger partial charge in [0.1, 0.15) is 0 Å². The van der Waals surface area contributed by atoms with E-state index >= 15 is 0 Å². The summed E-state index contributed by atoms with van der Waals surface area (Å²) in [6.07, 6.45) is 2.94. The summed E-state index contributed by atoms with van der Waals surface area (Å²) in [5.74, 6) is 0.139. The molecule has 2 fully saturated rings. The van der Waals surface area contributed by atoms with Gasteiger partial charge in [-0.25, -0.2) is 0 Å². The predicted octanol–water partition coefficient (Wildman–Crippen LogP) is 1.09. The molecule has 2 aliphatic heterocycles. The molecule has 2 saturated heterocycles. The number of rotatable bonds is 0. The van der Waals surface area contributed by atoms with E-state index in [-0.39, 0.29) is 23.9 Å². The highest BCUT2D eigenvalue weighted by Crippen LogP contribution is 2.38. The van der Waals surface area contributed by atoms with Crippen molar-refractivity contribution in [2.75, 3.05) is 19.7 Å². The largest absolute Gasteiger partial charge is 0.373 e. The molecule has 4 heteroatoms. The van der Waals surface area contributed by atoms with Crippen LogP contribution < -0.4 is 5.32 Å². The normalized spacial score (nSPS) is 30.8. The van der Waals surface area contributed by atoms with Crippen LogP contribution in [0.5, 0.6) is 0 Å². The lowest BCUT2D eigenvalue weighted by Crippen LogP contribution is -2.45. The molecule has 0 aliphatic carbocycles.